The van der Waals surface area contributed by atoms with Gasteiger partial charge in [-0.15, -0.1) is 0 Å². The van der Waals surface area contributed by atoms with Gasteiger partial charge in [-0.05, 0) is 31.7 Å². The van der Waals surface area contributed by atoms with Crippen LogP contribution in [0.5, 0.6) is 11.5 Å². The summed E-state index contributed by atoms with van der Waals surface area (Å²) >= 11 is 0. The summed E-state index contributed by atoms with van der Waals surface area (Å²) in [4.78, 5) is 21.5. The molecule has 26 heavy (non-hydrogen) atoms. The molecule has 2 atom stereocenters. The summed E-state index contributed by atoms with van der Waals surface area (Å²) < 4.78 is 17.1. The van der Waals surface area contributed by atoms with Gasteiger partial charge in [-0.25, -0.2) is 9.59 Å². The van der Waals surface area contributed by atoms with Gasteiger partial charge in [0.25, 0.3) is 0 Å². The van der Waals surface area contributed by atoms with Crippen LogP contribution in [0.2, 0.25) is 0 Å². The van der Waals surface area contributed by atoms with E-state index >= 15 is 0 Å². The van der Waals surface area contributed by atoms with Gasteiger partial charge in [-0.1, -0.05) is 0 Å². The van der Waals surface area contributed by atoms with Crippen LogP contribution in [0.4, 0.5) is 0 Å². The molecule has 1 aromatic carbocycles. The number of carbonyl (C=O) groups is 2. The van der Waals surface area contributed by atoms with E-state index in [1.807, 2.05) is 18.2 Å². The molecule has 1 aromatic rings. The quantitative estimate of drug-likeness (QED) is 0.778. The molecule has 0 saturated carbocycles. The lowest BCUT2D eigenvalue weighted by Gasteiger charge is -2.38. The van der Waals surface area contributed by atoms with E-state index in [-0.39, 0.29) is 6.10 Å². The molecule has 2 aliphatic heterocycles. The van der Waals surface area contributed by atoms with E-state index in [1.165, 1.54) is 0 Å². The van der Waals surface area contributed by atoms with Crippen LogP contribution in [0.1, 0.15) is 18.1 Å². The fraction of sp³-hybridized carbons (Fsp3) is 0.444. The summed E-state index contributed by atoms with van der Waals surface area (Å²) in [6.07, 6.45) is 2.21. The number of benzene rings is 1. The van der Waals surface area contributed by atoms with E-state index < -0.39 is 11.9 Å². The number of methoxy groups -OCH3 is 1. The normalized spacial score (nSPS) is 22.1. The molecule has 0 aliphatic carbocycles. The third-order valence-electron chi connectivity index (χ3n) is 4.22. The number of carboxylic acids is 2. The van der Waals surface area contributed by atoms with Gasteiger partial charge in [-0.2, -0.15) is 0 Å². The van der Waals surface area contributed by atoms with Crippen LogP contribution in [-0.2, 0) is 14.3 Å². The first-order chi connectivity index (χ1) is 12.4. The molecule has 1 fully saturated rings. The second-order valence-electron chi connectivity index (χ2n) is 5.89. The van der Waals surface area contributed by atoms with E-state index in [0.29, 0.717) is 18.2 Å². The summed E-state index contributed by atoms with van der Waals surface area (Å²) in [6, 6.07) is 6.35. The number of morpholine rings is 1. The second kappa shape index (κ2) is 9.21. The van der Waals surface area contributed by atoms with Crippen LogP contribution in [-0.4, -0.2) is 67.0 Å². The van der Waals surface area contributed by atoms with Gasteiger partial charge < -0.3 is 24.4 Å². The molecular formula is C18H23NO7. The lowest BCUT2D eigenvalue weighted by Crippen LogP contribution is -2.44. The van der Waals surface area contributed by atoms with Crippen LogP contribution in [0, 0.1) is 0 Å². The molecule has 0 aromatic heterocycles. The monoisotopic (exact) mass is 365 g/mol. The lowest BCUT2D eigenvalue weighted by atomic mass is 9.97. The number of nitrogens with zero attached hydrogens (tertiary/aromatic N) is 1. The molecule has 0 spiro atoms. The maximum Gasteiger partial charge on any atom is 0.328 e. The Kier molecular flexibility index (Phi) is 6.99. The Morgan fingerprint density at radius 1 is 1.23 bits per heavy atom. The number of ether oxygens (including phenoxy) is 3. The highest BCUT2D eigenvalue weighted by Gasteiger charge is 2.35. The number of hydrogen-bond donors (Lipinski definition) is 2. The summed E-state index contributed by atoms with van der Waals surface area (Å²) in [5.74, 6) is -0.728. The van der Waals surface area contributed by atoms with Crippen LogP contribution in [0.15, 0.2) is 30.4 Å². The molecule has 8 heteroatoms. The Hall–Kier alpha value is -2.58. The Bertz CT molecular complexity index is 658. The Labute approximate surface area is 151 Å². The maximum atomic E-state index is 9.55. The zero-order valence-electron chi connectivity index (χ0n) is 14.8. The molecular weight excluding hydrogens is 342 g/mol. The van der Waals surface area contributed by atoms with E-state index in [2.05, 4.69) is 11.9 Å². The average Bonchev–Trinajstić information content (AvgIpc) is 2.80. The smallest absolute Gasteiger partial charge is 0.328 e. The van der Waals surface area contributed by atoms with E-state index in [1.54, 1.807) is 7.11 Å². The van der Waals surface area contributed by atoms with Crippen molar-refractivity contribution >= 4 is 11.9 Å². The fourth-order valence-electron chi connectivity index (χ4n) is 2.94. The largest absolute Gasteiger partial charge is 0.497 e. The average molecular weight is 365 g/mol. The van der Waals surface area contributed by atoms with Crippen molar-refractivity contribution in [3.8, 4) is 11.5 Å². The first-order valence-corrected chi connectivity index (χ1v) is 8.19. The van der Waals surface area contributed by atoms with E-state index in [9.17, 15) is 9.59 Å². The highest BCUT2D eigenvalue weighted by atomic mass is 16.5. The first-order valence-electron chi connectivity index (χ1n) is 8.19. The number of rotatable bonds is 3. The molecule has 2 unspecified atom stereocenters. The highest BCUT2D eigenvalue weighted by Crippen LogP contribution is 2.39. The van der Waals surface area contributed by atoms with Crippen LogP contribution < -0.4 is 9.47 Å². The van der Waals surface area contributed by atoms with Gasteiger partial charge in [0.05, 0.1) is 20.3 Å². The fourth-order valence-corrected chi connectivity index (χ4v) is 2.94. The molecule has 2 heterocycles. The van der Waals surface area contributed by atoms with Gasteiger partial charge in [0, 0.05) is 30.3 Å². The number of fused-ring (bicyclic) bond motifs is 3. The third-order valence-corrected chi connectivity index (χ3v) is 4.22. The summed E-state index contributed by atoms with van der Waals surface area (Å²) in [7, 11) is 3.84. The second-order valence-corrected chi connectivity index (χ2v) is 5.89. The zero-order valence-corrected chi connectivity index (χ0v) is 14.8. The van der Waals surface area contributed by atoms with Crippen molar-refractivity contribution in [2.75, 3.05) is 33.9 Å². The standard InChI is InChI=1S/C14H19NO3.C4H4O4/c1-15-6-8-18-14-11-9-10(16-2)3-4-13(11)17-7-5-12(14)15;5-3(6)1-2-4(7)8/h3-4,9,12,14H,5-8H2,1-2H3;1-2H,(H,5,6)(H,7,8)/b;2-1+. The van der Waals surface area contributed by atoms with Gasteiger partial charge in [-0.3, -0.25) is 4.90 Å². The minimum Gasteiger partial charge on any atom is -0.497 e. The van der Waals surface area contributed by atoms with Gasteiger partial charge in [0.1, 0.15) is 17.6 Å². The molecule has 8 nitrogen and oxygen atoms in total. The topological polar surface area (TPSA) is 106 Å². The van der Waals surface area contributed by atoms with E-state index in [4.69, 9.17) is 24.4 Å². The van der Waals surface area contributed by atoms with Crippen LogP contribution in [0.25, 0.3) is 0 Å². The van der Waals surface area contributed by atoms with Gasteiger partial charge in [0.2, 0.25) is 0 Å². The number of carboxylic acid groups (broad SMARTS) is 2. The summed E-state index contributed by atoms with van der Waals surface area (Å²) in [5, 5.41) is 15.6. The zero-order chi connectivity index (χ0) is 19.1. The number of likely N-dealkylation sites (N-methyl/N-ethyl adjacent to an activating group) is 1. The van der Waals surface area contributed by atoms with Crippen LogP contribution in [0.3, 0.4) is 0 Å². The van der Waals surface area contributed by atoms with Crippen molar-refractivity contribution in [1.29, 1.82) is 0 Å². The minimum absolute atomic E-state index is 0.0938. The van der Waals surface area contributed by atoms with Crippen molar-refractivity contribution in [2.24, 2.45) is 0 Å². The SMILES string of the molecule is COc1ccc2c(c1)C1OCCN(C)C1CCO2.O=C(O)/C=C/C(=O)O. The third kappa shape index (κ3) is 5.21. The number of aliphatic carboxylic acids is 2. The van der Waals surface area contributed by atoms with E-state index in [0.717, 1.165) is 43.2 Å². The minimum atomic E-state index is -1.26. The van der Waals surface area contributed by atoms with Crippen LogP contribution >= 0.6 is 0 Å². The lowest BCUT2D eigenvalue weighted by molar-refractivity contribution is -0.134. The predicted molar refractivity (Wildman–Crippen MR) is 92.6 cm³/mol. The molecule has 0 amide bonds. The molecule has 142 valence electrons. The van der Waals surface area contributed by atoms with Crippen molar-refractivity contribution in [2.45, 2.75) is 18.6 Å². The Morgan fingerprint density at radius 3 is 2.54 bits per heavy atom. The first kappa shape index (κ1) is 19.7. The van der Waals surface area contributed by atoms with Crippen molar-refractivity contribution in [3.05, 3.63) is 35.9 Å². The maximum absolute atomic E-state index is 9.55. The van der Waals surface area contributed by atoms with Crippen molar-refractivity contribution in [1.82, 2.24) is 4.90 Å². The molecule has 2 aliphatic rings. The molecule has 3 rings (SSSR count). The summed E-state index contributed by atoms with van der Waals surface area (Å²) in [6.45, 7) is 2.50. The molecule has 2 N–H and O–H groups in total. The molecule has 0 radical (unpaired) electrons. The number of hydrogen-bond acceptors (Lipinski definition) is 6. The highest BCUT2D eigenvalue weighted by molar-refractivity contribution is 5.89. The predicted octanol–water partition coefficient (Wildman–Crippen LogP) is 1.56. The van der Waals surface area contributed by atoms with Gasteiger partial charge >= 0.3 is 11.9 Å². The summed E-state index contributed by atoms with van der Waals surface area (Å²) in [5.41, 5.74) is 1.11. The molecule has 0 bridgehead atoms. The van der Waals surface area contributed by atoms with Crippen molar-refractivity contribution in [3.63, 3.8) is 0 Å². The van der Waals surface area contributed by atoms with Crippen molar-refractivity contribution < 1.29 is 34.0 Å². The Morgan fingerprint density at radius 2 is 1.92 bits per heavy atom. The van der Waals surface area contributed by atoms with Gasteiger partial charge in [0.15, 0.2) is 0 Å². The Balaban J connectivity index is 0.000000260. The molecule has 1 saturated heterocycles.